The van der Waals surface area contributed by atoms with Crippen molar-refractivity contribution in [3.63, 3.8) is 0 Å². The van der Waals surface area contributed by atoms with Crippen molar-refractivity contribution < 1.29 is 0 Å². The molecule has 0 aromatic rings. The molecule has 0 amide bonds. The average molecular weight is 238 g/mol. The molecule has 0 spiro atoms. The Hall–Kier alpha value is -0.790. The number of hydrogen-bond acceptors (Lipinski definition) is 2. The van der Waals surface area contributed by atoms with Gasteiger partial charge in [0.1, 0.15) is 0 Å². The number of nitrogens with one attached hydrogen (secondary N) is 1. The fourth-order valence-electron chi connectivity index (χ4n) is 2.32. The maximum absolute atomic E-state index is 4.18. The van der Waals surface area contributed by atoms with Crippen LogP contribution in [0.1, 0.15) is 73.1 Å². The van der Waals surface area contributed by atoms with E-state index in [1.165, 1.54) is 44.2 Å². The first kappa shape index (κ1) is 16.2. The van der Waals surface area contributed by atoms with Gasteiger partial charge in [0.2, 0.25) is 0 Å². The fraction of sp³-hybridized carbons (Fsp3) is 0.800. The van der Waals surface area contributed by atoms with Gasteiger partial charge in [-0.15, -0.1) is 0 Å². The zero-order chi connectivity index (χ0) is 13.1. The number of rotatable bonds is 0. The van der Waals surface area contributed by atoms with Crippen molar-refractivity contribution >= 4 is 6.21 Å². The summed E-state index contributed by atoms with van der Waals surface area (Å²) in [7, 11) is 0. The van der Waals surface area contributed by atoms with Crippen LogP contribution in [0.15, 0.2) is 16.4 Å². The molecule has 1 unspecified atom stereocenters. The quantitative estimate of drug-likeness (QED) is 0.639. The molecule has 1 N–H and O–H groups in total. The van der Waals surface area contributed by atoms with Crippen LogP contribution >= 0.6 is 0 Å². The van der Waals surface area contributed by atoms with Gasteiger partial charge in [0, 0.05) is 17.8 Å². The Labute approximate surface area is 108 Å². The highest BCUT2D eigenvalue weighted by Gasteiger charge is 2.19. The lowest BCUT2D eigenvalue weighted by atomic mass is 9.86. The minimum absolute atomic E-state index is 0.640. The third kappa shape index (κ3) is 5.38. The van der Waals surface area contributed by atoms with Gasteiger partial charge in [-0.3, -0.25) is 5.43 Å². The van der Waals surface area contributed by atoms with Crippen molar-refractivity contribution in [2.75, 3.05) is 0 Å². The molecular formula is C15H30N2. The van der Waals surface area contributed by atoms with Gasteiger partial charge in [0.05, 0.1) is 0 Å². The summed E-state index contributed by atoms with van der Waals surface area (Å²) in [5, 5.41) is 4.18. The van der Waals surface area contributed by atoms with Gasteiger partial charge >= 0.3 is 0 Å². The van der Waals surface area contributed by atoms with Crippen molar-refractivity contribution in [3.8, 4) is 0 Å². The normalized spacial score (nSPS) is 22.8. The van der Waals surface area contributed by atoms with E-state index in [-0.39, 0.29) is 0 Å². The molecular weight excluding hydrogens is 208 g/mol. The van der Waals surface area contributed by atoms with Crippen LogP contribution in [0.3, 0.4) is 0 Å². The Balaban J connectivity index is 0.000000581. The van der Waals surface area contributed by atoms with E-state index in [9.17, 15) is 0 Å². The Kier molecular flexibility index (Phi) is 9.89. The smallest absolute Gasteiger partial charge is 0.0319 e. The van der Waals surface area contributed by atoms with E-state index >= 15 is 0 Å². The maximum Gasteiger partial charge on any atom is 0.0319 e. The molecule has 0 radical (unpaired) electrons. The molecule has 0 bridgehead atoms. The second kappa shape index (κ2) is 10.4. The van der Waals surface area contributed by atoms with Gasteiger partial charge in [0.25, 0.3) is 0 Å². The van der Waals surface area contributed by atoms with Crippen molar-refractivity contribution in [3.05, 3.63) is 11.3 Å². The van der Waals surface area contributed by atoms with E-state index in [1.807, 2.05) is 27.7 Å². The summed E-state index contributed by atoms with van der Waals surface area (Å²) >= 11 is 0. The van der Waals surface area contributed by atoms with Crippen LogP contribution in [-0.2, 0) is 0 Å². The van der Waals surface area contributed by atoms with E-state index in [4.69, 9.17) is 0 Å². The number of fused-ring (bicyclic) bond motifs is 1. The van der Waals surface area contributed by atoms with Crippen LogP contribution in [0, 0.1) is 5.92 Å². The Morgan fingerprint density at radius 2 is 1.71 bits per heavy atom. The molecule has 0 aromatic carbocycles. The zero-order valence-corrected chi connectivity index (χ0v) is 12.3. The third-order valence-electron chi connectivity index (χ3n) is 3.13. The van der Waals surface area contributed by atoms with Crippen LogP contribution in [0.2, 0.25) is 0 Å². The summed E-state index contributed by atoms with van der Waals surface area (Å²) in [5.74, 6) is 0.640. The summed E-state index contributed by atoms with van der Waals surface area (Å²) in [6.07, 6.45) is 10.2. The summed E-state index contributed by atoms with van der Waals surface area (Å²) in [6, 6.07) is 0. The molecule has 1 atom stereocenters. The predicted octanol–water partition coefficient (Wildman–Crippen LogP) is 4.87. The Morgan fingerprint density at radius 1 is 1.06 bits per heavy atom. The molecule has 17 heavy (non-hydrogen) atoms. The van der Waals surface area contributed by atoms with E-state index in [0.717, 1.165) is 0 Å². The van der Waals surface area contributed by atoms with Crippen LogP contribution in [0.5, 0.6) is 0 Å². The van der Waals surface area contributed by atoms with Gasteiger partial charge in [-0.1, -0.05) is 47.0 Å². The second-order valence-corrected chi connectivity index (χ2v) is 4.10. The van der Waals surface area contributed by atoms with Crippen LogP contribution in [0.25, 0.3) is 0 Å². The molecule has 2 aliphatic rings. The molecule has 1 aliphatic heterocycles. The molecule has 2 nitrogen and oxygen atoms in total. The van der Waals surface area contributed by atoms with Gasteiger partial charge in [-0.25, -0.2) is 0 Å². The number of hydrazone groups is 1. The molecule has 0 aromatic heterocycles. The first-order valence-electron chi connectivity index (χ1n) is 7.37. The molecule has 1 fully saturated rings. The first-order valence-corrected chi connectivity index (χ1v) is 7.37. The highest BCUT2D eigenvalue weighted by molar-refractivity contribution is 5.66. The minimum Gasteiger partial charge on any atom is -0.283 e. The van der Waals surface area contributed by atoms with Crippen LogP contribution < -0.4 is 5.43 Å². The lowest BCUT2D eigenvalue weighted by molar-refractivity contribution is 0.516. The standard InChI is InChI=1S/C11H18N2.2C2H6/c1-9-11-7-5-3-2-4-6-10(11)8-12-13-9;2*1-2/h8,10,13H,2-7H2,1H3;2*1-2H3. The molecule has 2 rings (SSSR count). The topological polar surface area (TPSA) is 24.4 Å². The summed E-state index contributed by atoms with van der Waals surface area (Å²) in [6.45, 7) is 10.2. The molecule has 2 heteroatoms. The molecule has 0 saturated heterocycles. The second-order valence-electron chi connectivity index (χ2n) is 4.10. The number of allylic oxidation sites excluding steroid dienone is 2. The van der Waals surface area contributed by atoms with E-state index in [2.05, 4.69) is 23.7 Å². The highest BCUT2D eigenvalue weighted by atomic mass is 15.3. The van der Waals surface area contributed by atoms with Gasteiger partial charge in [0.15, 0.2) is 0 Å². The number of nitrogens with zero attached hydrogens (tertiary/aromatic N) is 1. The van der Waals surface area contributed by atoms with Crippen molar-refractivity contribution in [2.24, 2.45) is 11.0 Å². The van der Waals surface area contributed by atoms with Crippen molar-refractivity contribution in [1.29, 1.82) is 0 Å². The Bertz CT molecular complexity index is 241. The van der Waals surface area contributed by atoms with E-state index < -0.39 is 0 Å². The van der Waals surface area contributed by atoms with Gasteiger partial charge in [-0.05, 0) is 31.8 Å². The SMILES string of the molecule is CC.CC.CC1=C2CCCCCCC2C=NN1. The van der Waals surface area contributed by atoms with Crippen molar-refractivity contribution in [2.45, 2.75) is 73.1 Å². The highest BCUT2D eigenvalue weighted by Crippen LogP contribution is 2.29. The van der Waals surface area contributed by atoms with Crippen LogP contribution in [-0.4, -0.2) is 6.21 Å². The Morgan fingerprint density at radius 3 is 2.41 bits per heavy atom. The summed E-state index contributed by atoms with van der Waals surface area (Å²) in [4.78, 5) is 0. The third-order valence-corrected chi connectivity index (χ3v) is 3.13. The number of hydrogen-bond donors (Lipinski definition) is 1. The molecule has 100 valence electrons. The molecule has 1 saturated carbocycles. The monoisotopic (exact) mass is 238 g/mol. The zero-order valence-electron chi connectivity index (χ0n) is 12.3. The maximum atomic E-state index is 4.18. The van der Waals surface area contributed by atoms with E-state index in [0.29, 0.717) is 5.92 Å². The summed E-state index contributed by atoms with van der Waals surface area (Å²) < 4.78 is 0. The van der Waals surface area contributed by atoms with Crippen molar-refractivity contribution in [1.82, 2.24) is 5.43 Å². The van der Waals surface area contributed by atoms with E-state index in [1.54, 1.807) is 5.57 Å². The predicted molar refractivity (Wildman–Crippen MR) is 78.2 cm³/mol. The lowest BCUT2D eigenvalue weighted by Gasteiger charge is -2.25. The fourth-order valence-corrected chi connectivity index (χ4v) is 2.32. The largest absolute Gasteiger partial charge is 0.283 e. The molecule has 1 aliphatic carbocycles. The minimum atomic E-state index is 0.640. The average Bonchev–Trinajstić information content (AvgIpc) is 2.36. The van der Waals surface area contributed by atoms with Gasteiger partial charge in [-0.2, -0.15) is 5.10 Å². The molecule has 1 heterocycles. The van der Waals surface area contributed by atoms with Crippen LogP contribution in [0.4, 0.5) is 0 Å². The summed E-state index contributed by atoms with van der Waals surface area (Å²) in [5.41, 5.74) is 5.98. The van der Waals surface area contributed by atoms with Gasteiger partial charge < -0.3 is 0 Å². The first-order chi connectivity index (χ1) is 8.38. The lowest BCUT2D eigenvalue weighted by Crippen LogP contribution is -2.21.